The van der Waals surface area contributed by atoms with Crippen molar-refractivity contribution in [2.24, 2.45) is 0 Å². The Morgan fingerprint density at radius 1 is 1.08 bits per heavy atom. The SMILES string of the molecule is Cl[PH+](Cl)Oc1ccc(Br)c(Br)c1Br. The average Bonchev–Trinajstić information content (AvgIpc) is 2.06. The maximum atomic E-state index is 5.57. The molecule has 13 heavy (non-hydrogen) atoms. The van der Waals surface area contributed by atoms with Crippen molar-refractivity contribution in [3.63, 3.8) is 0 Å². The van der Waals surface area contributed by atoms with Crippen molar-refractivity contribution in [2.75, 3.05) is 0 Å². The van der Waals surface area contributed by atoms with Gasteiger partial charge in [-0.15, -0.1) is 0 Å². The van der Waals surface area contributed by atoms with E-state index in [0.717, 1.165) is 13.4 Å². The summed E-state index contributed by atoms with van der Waals surface area (Å²) in [5.74, 6) is 0.633. The first-order chi connectivity index (χ1) is 6.02. The highest BCUT2D eigenvalue weighted by atomic mass is 79.9. The lowest BCUT2D eigenvalue weighted by molar-refractivity contribution is 0.632. The van der Waals surface area contributed by atoms with Crippen LogP contribution in [-0.4, -0.2) is 0 Å². The molecule has 0 spiro atoms. The fraction of sp³-hybridized carbons (Fsp3) is 0. The van der Waals surface area contributed by atoms with Crippen molar-refractivity contribution in [3.05, 3.63) is 25.6 Å². The number of benzene rings is 1. The Kier molecular flexibility index (Phi) is 5.33. The summed E-state index contributed by atoms with van der Waals surface area (Å²) in [6.45, 7) is -1.76. The van der Waals surface area contributed by atoms with Crippen LogP contribution in [0.4, 0.5) is 0 Å². The topological polar surface area (TPSA) is 9.23 Å². The molecule has 0 saturated heterocycles. The second-order valence-corrected chi connectivity index (χ2v) is 7.74. The summed E-state index contributed by atoms with van der Waals surface area (Å²) in [5, 5.41) is 0. The predicted molar refractivity (Wildman–Crippen MR) is 70.2 cm³/mol. The van der Waals surface area contributed by atoms with Crippen molar-refractivity contribution in [1.82, 2.24) is 0 Å². The van der Waals surface area contributed by atoms with E-state index in [-0.39, 0.29) is 0 Å². The van der Waals surface area contributed by atoms with Gasteiger partial charge in [-0.05, 0) is 59.9 Å². The molecule has 1 rings (SSSR count). The zero-order valence-electron chi connectivity index (χ0n) is 5.95. The minimum Gasteiger partial charge on any atom is -0.315 e. The molecule has 0 bridgehead atoms. The summed E-state index contributed by atoms with van der Waals surface area (Å²) in [7, 11) is 0. The number of halogens is 5. The average molecular weight is 433 g/mol. The van der Waals surface area contributed by atoms with Gasteiger partial charge in [0.25, 0.3) is 0 Å². The Morgan fingerprint density at radius 3 is 2.23 bits per heavy atom. The lowest BCUT2D eigenvalue weighted by Crippen LogP contribution is -1.82. The number of hydrogen-bond donors (Lipinski definition) is 0. The van der Waals surface area contributed by atoms with E-state index in [9.17, 15) is 0 Å². The van der Waals surface area contributed by atoms with Gasteiger partial charge in [-0.25, -0.2) is 0 Å². The third-order valence-corrected chi connectivity index (χ3v) is 5.36. The molecule has 0 aliphatic rings. The normalized spacial score (nSPS) is 10.6. The molecule has 0 fully saturated rings. The molecule has 7 heteroatoms. The zero-order chi connectivity index (χ0) is 10.0. The quantitative estimate of drug-likeness (QED) is 0.424. The standard InChI is InChI=1S/C6H2Br3Cl2OP/c7-3-1-2-4(12-13(10)11)6(9)5(3)8/h1-2H/p+1. The Hall–Kier alpha value is 1.47. The van der Waals surface area contributed by atoms with Gasteiger partial charge >= 0.3 is 6.85 Å². The maximum Gasteiger partial charge on any atom is 0.371 e. The van der Waals surface area contributed by atoms with Gasteiger partial charge in [0.05, 0.1) is 4.47 Å². The third-order valence-electron chi connectivity index (χ3n) is 1.19. The summed E-state index contributed by atoms with van der Waals surface area (Å²) in [6.07, 6.45) is 0. The monoisotopic (exact) mass is 429 g/mol. The summed E-state index contributed by atoms with van der Waals surface area (Å²) < 4.78 is 7.82. The van der Waals surface area contributed by atoms with Crippen LogP contribution in [0.15, 0.2) is 25.6 Å². The van der Waals surface area contributed by atoms with Crippen LogP contribution in [0.25, 0.3) is 0 Å². The lowest BCUT2D eigenvalue weighted by Gasteiger charge is -2.04. The van der Waals surface area contributed by atoms with Gasteiger partial charge in [0, 0.05) is 8.95 Å². The molecule has 1 aromatic rings. The van der Waals surface area contributed by atoms with Crippen molar-refractivity contribution >= 4 is 77.1 Å². The van der Waals surface area contributed by atoms with Crippen LogP contribution in [0, 0.1) is 0 Å². The highest BCUT2D eigenvalue weighted by Gasteiger charge is 2.16. The summed E-state index contributed by atoms with van der Waals surface area (Å²) in [6, 6.07) is 3.64. The van der Waals surface area contributed by atoms with Crippen LogP contribution >= 0.6 is 77.1 Å². The van der Waals surface area contributed by atoms with Crippen LogP contribution in [0.5, 0.6) is 5.75 Å². The molecule has 1 nitrogen and oxygen atoms in total. The molecule has 0 aromatic heterocycles. The van der Waals surface area contributed by atoms with E-state index in [0.29, 0.717) is 5.75 Å². The largest absolute Gasteiger partial charge is 0.371 e. The minimum atomic E-state index is -1.76. The van der Waals surface area contributed by atoms with Gasteiger partial charge < -0.3 is 4.52 Å². The Bertz CT molecular complexity index is 321. The molecule has 0 atom stereocenters. The van der Waals surface area contributed by atoms with E-state index in [2.05, 4.69) is 47.8 Å². The number of hydrogen-bond acceptors (Lipinski definition) is 1. The molecular formula is C6H3Br3Cl2OP+. The molecular weight excluding hydrogens is 430 g/mol. The molecule has 0 aliphatic heterocycles. The summed E-state index contributed by atoms with van der Waals surface area (Å²) >= 11 is 21.2. The second-order valence-electron chi connectivity index (χ2n) is 2.00. The van der Waals surface area contributed by atoms with Gasteiger partial charge in [-0.3, -0.25) is 0 Å². The summed E-state index contributed by atoms with van der Waals surface area (Å²) in [4.78, 5) is 0. The molecule has 0 N–H and O–H groups in total. The number of rotatable bonds is 2. The van der Waals surface area contributed by atoms with E-state index >= 15 is 0 Å². The van der Waals surface area contributed by atoms with E-state index in [1.54, 1.807) is 6.07 Å². The van der Waals surface area contributed by atoms with Crippen LogP contribution in [0.2, 0.25) is 0 Å². The first-order valence-corrected chi connectivity index (χ1v) is 8.82. The Balaban J connectivity index is 3.04. The zero-order valence-corrected chi connectivity index (χ0v) is 13.2. The molecule has 0 aliphatic carbocycles. The molecule has 0 unspecified atom stereocenters. The van der Waals surface area contributed by atoms with Gasteiger partial charge in [-0.2, -0.15) is 0 Å². The molecule has 0 amide bonds. The third kappa shape index (κ3) is 3.51. The van der Waals surface area contributed by atoms with Gasteiger partial charge in [0.15, 0.2) is 28.2 Å². The van der Waals surface area contributed by atoms with E-state index < -0.39 is 6.85 Å². The first-order valence-electron chi connectivity index (χ1n) is 3.01. The van der Waals surface area contributed by atoms with Crippen LogP contribution in [0.3, 0.4) is 0 Å². The lowest BCUT2D eigenvalue weighted by atomic mass is 10.3. The smallest absolute Gasteiger partial charge is 0.315 e. The predicted octanol–water partition coefficient (Wildman–Crippen LogP) is 5.79. The highest BCUT2D eigenvalue weighted by molar-refractivity contribution is 9.14. The molecule has 0 radical (unpaired) electrons. The van der Waals surface area contributed by atoms with E-state index in [1.165, 1.54) is 0 Å². The van der Waals surface area contributed by atoms with Crippen molar-refractivity contribution in [2.45, 2.75) is 0 Å². The van der Waals surface area contributed by atoms with Crippen molar-refractivity contribution in [1.29, 1.82) is 0 Å². The molecule has 1 aromatic carbocycles. The fourth-order valence-corrected chi connectivity index (χ4v) is 3.01. The Morgan fingerprint density at radius 2 is 1.69 bits per heavy atom. The van der Waals surface area contributed by atoms with Crippen LogP contribution in [-0.2, 0) is 0 Å². The minimum absolute atomic E-state index is 0.633. The van der Waals surface area contributed by atoms with Gasteiger partial charge in [0.1, 0.15) is 0 Å². The molecule has 0 saturated carbocycles. The van der Waals surface area contributed by atoms with Gasteiger partial charge in [-0.1, -0.05) is 0 Å². The van der Waals surface area contributed by atoms with E-state index in [1.807, 2.05) is 6.07 Å². The van der Waals surface area contributed by atoms with Gasteiger partial charge in [0.2, 0.25) is 0 Å². The Labute approximate surface area is 112 Å². The maximum absolute atomic E-state index is 5.57. The van der Waals surface area contributed by atoms with E-state index in [4.69, 9.17) is 27.0 Å². The first kappa shape index (κ1) is 12.5. The fourth-order valence-electron chi connectivity index (χ4n) is 0.670. The van der Waals surface area contributed by atoms with Crippen molar-refractivity contribution < 1.29 is 4.52 Å². The van der Waals surface area contributed by atoms with Crippen LogP contribution < -0.4 is 4.52 Å². The second kappa shape index (κ2) is 5.53. The highest BCUT2D eigenvalue weighted by Crippen LogP contribution is 2.50. The summed E-state index contributed by atoms with van der Waals surface area (Å²) in [5.41, 5.74) is 0. The molecule has 72 valence electrons. The molecule has 0 heterocycles. The van der Waals surface area contributed by atoms with Crippen molar-refractivity contribution in [3.8, 4) is 5.75 Å². The van der Waals surface area contributed by atoms with Crippen LogP contribution in [0.1, 0.15) is 0 Å².